The van der Waals surface area contributed by atoms with E-state index in [4.69, 9.17) is 15.2 Å². The summed E-state index contributed by atoms with van der Waals surface area (Å²) in [4.78, 5) is 15.2. The lowest BCUT2D eigenvalue weighted by molar-refractivity contribution is -0.119. The Balaban J connectivity index is 1.69. The molecule has 0 saturated heterocycles. The Kier molecular flexibility index (Phi) is 5.10. The van der Waals surface area contributed by atoms with Gasteiger partial charge in [-0.25, -0.2) is 4.98 Å². The third-order valence-electron chi connectivity index (χ3n) is 3.23. The van der Waals surface area contributed by atoms with Gasteiger partial charge in [0.05, 0.1) is 23.5 Å². The number of primary amides is 1. The Labute approximate surface area is 148 Å². The topological polar surface area (TPSA) is 98.8 Å². The monoisotopic (exact) mass is 356 g/mol. The number of hydrazone groups is 1. The molecular formula is C17H16N4O3S. The number of nitrogens with zero attached hydrogens (tertiary/aromatic N) is 2. The average molecular weight is 356 g/mol. The molecule has 0 aliphatic carbocycles. The number of nitrogens with two attached hydrogens (primary N) is 1. The van der Waals surface area contributed by atoms with E-state index >= 15 is 0 Å². The second-order valence-electron chi connectivity index (χ2n) is 5.02. The summed E-state index contributed by atoms with van der Waals surface area (Å²) >= 11 is 1.53. The molecule has 0 aliphatic heterocycles. The zero-order chi connectivity index (χ0) is 17.6. The minimum absolute atomic E-state index is 0.205. The minimum atomic E-state index is -0.548. The number of benzene rings is 2. The molecule has 0 spiro atoms. The van der Waals surface area contributed by atoms with Crippen molar-refractivity contribution in [1.82, 2.24) is 4.98 Å². The molecule has 0 unspecified atom stereocenters. The number of para-hydroxylation sites is 1. The third-order valence-corrected chi connectivity index (χ3v) is 4.17. The molecule has 25 heavy (non-hydrogen) atoms. The molecular weight excluding hydrogens is 340 g/mol. The van der Waals surface area contributed by atoms with Gasteiger partial charge in [0.1, 0.15) is 0 Å². The minimum Gasteiger partial charge on any atom is -0.493 e. The molecule has 1 aromatic heterocycles. The largest absolute Gasteiger partial charge is 0.493 e. The number of aromatic nitrogens is 1. The number of carbonyl (C=O) groups is 1. The van der Waals surface area contributed by atoms with Gasteiger partial charge >= 0.3 is 0 Å². The smallest absolute Gasteiger partial charge is 0.255 e. The predicted octanol–water partition coefficient (Wildman–Crippen LogP) is 2.61. The van der Waals surface area contributed by atoms with Crippen LogP contribution in [0.1, 0.15) is 5.56 Å². The van der Waals surface area contributed by atoms with E-state index in [2.05, 4.69) is 15.5 Å². The molecule has 2 aromatic carbocycles. The molecule has 0 radical (unpaired) electrons. The van der Waals surface area contributed by atoms with Crippen molar-refractivity contribution in [1.29, 1.82) is 0 Å². The summed E-state index contributed by atoms with van der Waals surface area (Å²) in [7, 11) is 1.52. The number of anilines is 1. The highest BCUT2D eigenvalue weighted by molar-refractivity contribution is 7.22. The molecule has 0 atom stereocenters. The van der Waals surface area contributed by atoms with Crippen LogP contribution in [0.25, 0.3) is 10.2 Å². The fraction of sp³-hybridized carbons (Fsp3) is 0.118. The molecule has 0 fully saturated rings. The van der Waals surface area contributed by atoms with Gasteiger partial charge in [0.2, 0.25) is 5.13 Å². The van der Waals surface area contributed by atoms with Crippen LogP contribution in [0, 0.1) is 0 Å². The molecule has 1 heterocycles. The Morgan fingerprint density at radius 3 is 2.92 bits per heavy atom. The zero-order valence-electron chi connectivity index (χ0n) is 13.4. The van der Waals surface area contributed by atoms with E-state index < -0.39 is 5.91 Å². The quantitative estimate of drug-likeness (QED) is 0.501. The van der Waals surface area contributed by atoms with Crippen molar-refractivity contribution in [3.63, 3.8) is 0 Å². The van der Waals surface area contributed by atoms with E-state index in [1.165, 1.54) is 18.4 Å². The lowest BCUT2D eigenvalue weighted by Crippen LogP contribution is -2.20. The summed E-state index contributed by atoms with van der Waals surface area (Å²) in [5.74, 6) is 0.385. The van der Waals surface area contributed by atoms with Gasteiger partial charge < -0.3 is 15.2 Å². The molecule has 3 N–H and O–H groups in total. The van der Waals surface area contributed by atoms with E-state index in [0.29, 0.717) is 16.6 Å². The van der Waals surface area contributed by atoms with Crippen LogP contribution in [0.5, 0.6) is 11.5 Å². The van der Waals surface area contributed by atoms with E-state index in [-0.39, 0.29) is 6.61 Å². The van der Waals surface area contributed by atoms with Crippen LogP contribution in [0.2, 0.25) is 0 Å². The fourth-order valence-corrected chi connectivity index (χ4v) is 2.93. The number of nitrogens with one attached hydrogen (secondary N) is 1. The van der Waals surface area contributed by atoms with Crippen molar-refractivity contribution in [3.05, 3.63) is 48.0 Å². The number of hydrogen-bond acceptors (Lipinski definition) is 7. The molecule has 7 nitrogen and oxygen atoms in total. The Morgan fingerprint density at radius 2 is 2.16 bits per heavy atom. The molecule has 128 valence electrons. The molecule has 3 rings (SSSR count). The van der Waals surface area contributed by atoms with E-state index in [9.17, 15) is 4.79 Å². The lowest BCUT2D eigenvalue weighted by Gasteiger charge is -2.09. The van der Waals surface area contributed by atoms with Gasteiger partial charge in [-0.05, 0) is 35.9 Å². The van der Waals surface area contributed by atoms with Gasteiger partial charge in [0.25, 0.3) is 5.91 Å². The zero-order valence-corrected chi connectivity index (χ0v) is 14.2. The standard InChI is InChI=1S/C17H16N4O3S/c1-23-14-8-11(6-7-13(14)24-10-16(18)22)9-19-21-17-20-12-4-2-3-5-15(12)25-17/h2-9H,10H2,1H3,(H2,18,22)(H,20,21)/b19-9-. The highest BCUT2D eigenvalue weighted by Gasteiger charge is 2.06. The normalized spacial score (nSPS) is 10.9. The van der Waals surface area contributed by atoms with Gasteiger partial charge in [-0.3, -0.25) is 10.2 Å². The molecule has 1 amide bonds. The maximum absolute atomic E-state index is 10.8. The highest BCUT2D eigenvalue weighted by Crippen LogP contribution is 2.28. The molecule has 0 saturated carbocycles. The van der Waals surface area contributed by atoms with Gasteiger partial charge in [0, 0.05) is 0 Å². The maximum atomic E-state index is 10.8. The van der Waals surface area contributed by atoms with Crippen LogP contribution in [0.3, 0.4) is 0 Å². The molecule has 3 aromatic rings. The summed E-state index contributed by atoms with van der Waals surface area (Å²) in [6.07, 6.45) is 1.65. The van der Waals surface area contributed by atoms with Crippen LogP contribution < -0.4 is 20.6 Å². The van der Waals surface area contributed by atoms with Gasteiger partial charge in [-0.15, -0.1) is 0 Å². The first-order chi connectivity index (χ1) is 12.2. The van der Waals surface area contributed by atoms with Crippen molar-refractivity contribution in [3.8, 4) is 11.5 Å². The Hall–Kier alpha value is -3.13. The maximum Gasteiger partial charge on any atom is 0.255 e. The van der Waals surface area contributed by atoms with Gasteiger partial charge in [0.15, 0.2) is 18.1 Å². The summed E-state index contributed by atoms with van der Waals surface area (Å²) in [5, 5.41) is 4.90. The SMILES string of the molecule is COc1cc(/C=N\Nc2nc3ccccc3s2)ccc1OCC(N)=O. The number of thiazole rings is 1. The average Bonchev–Trinajstić information content (AvgIpc) is 3.03. The molecule has 0 aliphatic rings. The van der Waals surface area contributed by atoms with Gasteiger partial charge in [-0.1, -0.05) is 23.5 Å². The van der Waals surface area contributed by atoms with Crippen LogP contribution >= 0.6 is 11.3 Å². The van der Waals surface area contributed by atoms with Gasteiger partial charge in [-0.2, -0.15) is 5.10 Å². The van der Waals surface area contributed by atoms with Crippen LogP contribution in [0.4, 0.5) is 5.13 Å². The van der Waals surface area contributed by atoms with Crippen LogP contribution in [0.15, 0.2) is 47.6 Å². The van der Waals surface area contributed by atoms with Crippen molar-refractivity contribution in [2.75, 3.05) is 19.1 Å². The van der Waals surface area contributed by atoms with E-state index in [0.717, 1.165) is 15.8 Å². The number of rotatable bonds is 7. The number of hydrogen-bond donors (Lipinski definition) is 2. The second-order valence-corrected chi connectivity index (χ2v) is 6.05. The van der Waals surface area contributed by atoms with Crippen molar-refractivity contribution in [2.45, 2.75) is 0 Å². The summed E-state index contributed by atoms with van der Waals surface area (Å²) in [5.41, 5.74) is 9.73. The van der Waals surface area contributed by atoms with Crippen molar-refractivity contribution < 1.29 is 14.3 Å². The molecule has 8 heteroatoms. The number of ether oxygens (including phenoxy) is 2. The summed E-state index contributed by atoms with van der Waals surface area (Å²) in [6, 6.07) is 13.1. The van der Waals surface area contributed by atoms with Crippen molar-refractivity contribution in [2.24, 2.45) is 10.8 Å². The number of carbonyl (C=O) groups excluding carboxylic acids is 1. The summed E-state index contributed by atoms with van der Waals surface area (Å²) < 4.78 is 11.6. The lowest BCUT2D eigenvalue weighted by atomic mass is 10.2. The number of amides is 1. The van der Waals surface area contributed by atoms with E-state index in [1.54, 1.807) is 24.4 Å². The van der Waals surface area contributed by atoms with E-state index in [1.807, 2.05) is 24.3 Å². The second kappa shape index (κ2) is 7.63. The summed E-state index contributed by atoms with van der Waals surface area (Å²) in [6.45, 7) is -0.205. The number of methoxy groups -OCH3 is 1. The Bertz CT molecular complexity index is 890. The highest BCUT2D eigenvalue weighted by atomic mass is 32.1. The first-order valence-electron chi connectivity index (χ1n) is 7.39. The predicted molar refractivity (Wildman–Crippen MR) is 98.5 cm³/mol. The first-order valence-corrected chi connectivity index (χ1v) is 8.21. The molecule has 0 bridgehead atoms. The first kappa shape index (κ1) is 16.7. The Morgan fingerprint density at radius 1 is 1.32 bits per heavy atom. The van der Waals surface area contributed by atoms with Crippen molar-refractivity contribution >= 4 is 38.8 Å². The van der Waals surface area contributed by atoms with Crippen LogP contribution in [-0.2, 0) is 4.79 Å². The third kappa shape index (κ3) is 4.24. The van der Waals surface area contributed by atoms with Crippen LogP contribution in [-0.4, -0.2) is 30.8 Å². The number of fused-ring (bicyclic) bond motifs is 1. The fourth-order valence-electron chi connectivity index (χ4n) is 2.11.